The van der Waals surface area contributed by atoms with Crippen LogP contribution in [0.5, 0.6) is 0 Å². The maximum absolute atomic E-state index is 12.7. The molecule has 0 saturated heterocycles. The molecule has 0 bridgehead atoms. The molecule has 0 heterocycles. The van der Waals surface area contributed by atoms with Gasteiger partial charge in [0.15, 0.2) is 5.78 Å². The van der Waals surface area contributed by atoms with Gasteiger partial charge in [0.05, 0.1) is 10.9 Å². The molecule has 0 aromatic rings. The van der Waals surface area contributed by atoms with Gasteiger partial charge in [0.25, 0.3) is 0 Å². The number of aliphatic hydroxyl groups excluding tert-OH is 1. The van der Waals surface area contributed by atoms with Crippen LogP contribution >= 0.6 is 15.9 Å². The summed E-state index contributed by atoms with van der Waals surface area (Å²) in [6.45, 7) is 4.49. The van der Waals surface area contributed by atoms with E-state index in [0.717, 1.165) is 32.1 Å². The number of hydrogen-bond donors (Lipinski definition) is 1. The summed E-state index contributed by atoms with van der Waals surface area (Å²) in [5, 5.41) is 10.9. The lowest BCUT2D eigenvalue weighted by Gasteiger charge is -2.60. The van der Waals surface area contributed by atoms with Crippen LogP contribution in [0.2, 0.25) is 0 Å². The molecular weight excluding hydrogens is 356 g/mol. The van der Waals surface area contributed by atoms with Crippen molar-refractivity contribution in [2.75, 3.05) is 0 Å². The van der Waals surface area contributed by atoms with Crippen LogP contribution < -0.4 is 0 Å². The SMILES string of the molecule is C[C@]12CCC(=O)C[C@@H]1C[C@H](O)[C@@H]1[C@@H]2CC[C@]2(C)C(=O)[C@H](Br)C[C@@H]12. The summed E-state index contributed by atoms with van der Waals surface area (Å²) in [5.41, 5.74) is -0.0867. The molecule has 4 fully saturated rings. The molecule has 4 aliphatic carbocycles. The van der Waals surface area contributed by atoms with Crippen molar-refractivity contribution in [3.05, 3.63) is 0 Å². The molecule has 3 nitrogen and oxygen atoms in total. The Morgan fingerprint density at radius 2 is 1.87 bits per heavy atom. The van der Waals surface area contributed by atoms with E-state index in [1.165, 1.54) is 0 Å². The van der Waals surface area contributed by atoms with Gasteiger partial charge < -0.3 is 5.11 Å². The minimum Gasteiger partial charge on any atom is -0.393 e. The van der Waals surface area contributed by atoms with E-state index >= 15 is 0 Å². The molecule has 4 rings (SSSR count). The first kappa shape index (κ1) is 16.3. The third-order valence-electron chi connectivity index (χ3n) is 8.20. The average molecular weight is 383 g/mol. The second kappa shape index (κ2) is 5.14. The van der Waals surface area contributed by atoms with E-state index in [2.05, 4.69) is 29.8 Å². The van der Waals surface area contributed by atoms with Crippen molar-refractivity contribution in [3.63, 3.8) is 0 Å². The number of carbonyl (C=O) groups is 2. The van der Waals surface area contributed by atoms with Gasteiger partial charge in [-0.25, -0.2) is 0 Å². The fourth-order valence-electron chi connectivity index (χ4n) is 6.77. The Kier molecular flexibility index (Phi) is 3.63. The van der Waals surface area contributed by atoms with E-state index in [1.807, 2.05) is 0 Å². The molecule has 0 aliphatic heterocycles. The summed E-state index contributed by atoms with van der Waals surface area (Å²) in [5.74, 6) is 2.04. The van der Waals surface area contributed by atoms with Crippen molar-refractivity contribution in [1.82, 2.24) is 0 Å². The van der Waals surface area contributed by atoms with Gasteiger partial charge in [0.2, 0.25) is 0 Å². The normalized spacial score (nSPS) is 56.0. The highest BCUT2D eigenvalue weighted by Gasteiger charge is 2.64. The molecule has 0 aromatic carbocycles. The van der Waals surface area contributed by atoms with Gasteiger partial charge >= 0.3 is 0 Å². The zero-order valence-electron chi connectivity index (χ0n) is 14.1. The smallest absolute Gasteiger partial charge is 0.152 e. The van der Waals surface area contributed by atoms with Crippen molar-refractivity contribution >= 4 is 27.5 Å². The van der Waals surface area contributed by atoms with Crippen LogP contribution in [-0.2, 0) is 9.59 Å². The zero-order chi connectivity index (χ0) is 16.6. The molecule has 0 amide bonds. The summed E-state index contributed by atoms with van der Waals surface area (Å²) in [6.07, 6.45) is 5.57. The molecular formula is C19H27BrO3. The molecule has 8 atom stereocenters. The number of carbonyl (C=O) groups excluding carboxylic acids is 2. The monoisotopic (exact) mass is 382 g/mol. The molecule has 0 spiro atoms. The lowest BCUT2D eigenvalue weighted by Crippen LogP contribution is -2.58. The van der Waals surface area contributed by atoms with Gasteiger partial charge in [-0.1, -0.05) is 29.8 Å². The Labute approximate surface area is 146 Å². The first-order valence-corrected chi connectivity index (χ1v) is 10.1. The van der Waals surface area contributed by atoms with Gasteiger partial charge in [0, 0.05) is 18.3 Å². The largest absolute Gasteiger partial charge is 0.393 e. The Balaban J connectivity index is 1.70. The van der Waals surface area contributed by atoms with Gasteiger partial charge in [0.1, 0.15) is 5.78 Å². The number of aliphatic hydroxyl groups is 1. The summed E-state index contributed by atoms with van der Waals surface area (Å²) in [4.78, 5) is 24.5. The Bertz CT molecular complexity index is 561. The maximum atomic E-state index is 12.7. The van der Waals surface area contributed by atoms with Crippen LogP contribution in [0.15, 0.2) is 0 Å². The number of hydrogen-bond acceptors (Lipinski definition) is 3. The van der Waals surface area contributed by atoms with Crippen LogP contribution in [-0.4, -0.2) is 27.6 Å². The van der Waals surface area contributed by atoms with Gasteiger partial charge in [-0.15, -0.1) is 0 Å². The summed E-state index contributed by atoms with van der Waals surface area (Å²) in [6, 6.07) is 0. The highest BCUT2D eigenvalue weighted by molar-refractivity contribution is 9.10. The highest BCUT2D eigenvalue weighted by atomic mass is 79.9. The minimum absolute atomic E-state index is 0.0399. The minimum atomic E-state index is -0.348. The van der Waals surface area contributed by atoms with Crippen LogP contribution in [0, 0.1) is 34.5 Å². The van der Waals surface area contributed by atoms with E-state index in [4.69, 9.17) is 0 Å². The summed E-state index contributed by atoms with van der Waals surface area (Å²) >= 11 is 3.58. The summed E-state index contributed by atoms with van der Waals surface area (Å²) < 4.78 is 0. The van der Waals surface area contributed by atoms with E-state index in [0.29, 0.717) is 42.2 Å². The topological polar surface area (TPSA) is 54.4 Å². The van der Waals surface area contributed by atoms with Crippen molar-refractivity contribution in [3.8, 4) is 0 Å². The Hall–Kier alpha value is -0.220. The maximum Gasteiger partial charge on any atom is 0.152 e. The zero-order valence-corrected chi connectivity index (χ0v) is 15.6. The predicted molar refractivity (Wildman–Crippen MR) is 91.2 cm³/mol. The molecule has 23 heavy (non-hydrogen) atoms. The molecule has 4 aliphatic rings. The first-order chi connectivity index (χ1) is 10.8. The van der Waals surface area contributed by atoms with Crippen molar-refractivity contribution < 1.29 is 14.7 Å². The molecule has 4 heteroatoms. The number of Topliss-reactive ketones (excluding diaryl/α,β-unsaturated/α-hetero) is 2. The van der Waals surface area contributed by atoms with E-state index in [9.17, 15) is 14.7 Å². The number of halogens is 1. The summed E-state index contributed by atoms with van der Waals surface area (Å²) in [7, 11) is 0. The fourth-order valence-corrected chi connectivity index (χ4v) is 7.69. The third-order valence-corrected chi connectivity index (χ3v) is 8.99. The second-order valence-corrected chi connectivity index (χ2v) is 10.2. The highest BCUT2D eigenvalue weighted by Crippen LogP contribution is 2.65. The Morgan fingerprint density at radius 3 is 2.61 bits per heavy atom. The molecule has 0 aromatic heterocycles. The number of rotatable bonds is 0. The lowest BCUT2D eigenvalue weighted by atomic mass is 9.44. The fraction of sp³-hybridized carbons (Fsp3) is 0.895. The molecule has 128 valence electrons. The van der Waals surface area contributed by atoms with Gasteiger partial charge in [-0.2, -0.15) is 0 Å². The van der Waals surface area contributed by atoms with E-state index in [-0.39, 0.29) is 27.7 Å². The number of alkyl halides is 1. The van der Waals surface area contributed by atoms with Crippen molar-refractivity contribution in [2.45, 2.75) is 69.7 Å². The second-order valence-electron chi connectivity index (χ2n) is 9.06. The third kappa shape index (κ3) is 2.09. The molecule has 1 N–H and O–H groups in total. The lowest BCUT2D eigenvalue weighted by molar-refractivity contribution is -0.166. The van der Waals surface area contributed by atoms with Gasteiger partial charge in [-0.05, 0) is 61.2 Å². The number of ketones is 2. The Morgan fingerprint density at radius 1 is 1.13 bits per heavy atom. The first-order valence-electron chi connectivity index (χ1n) is 9.15. The molecule has 0 unspecified atom stereocenters. The van der Waals surface area contributed by atoms with Crippen LogP contribution in [0.3, 0.4) is 0 Å². The predicted octanol–water partition coefficient (Wildman–Crippen LogP) is 3.51. The van der Waals surface area contributed by atoms with Crippen LogP contribution in [0.25, 0.3) is 0 Å². The van der Waals surface area contributed by atoms with E-state index < -0.39 is 0 Å². The van der Waals surface area contributed by atoms with E-state index in [1.54, 1.807) is 0 Å². The molecule has 0 radical (unpaired) electrons. The standard InChI is InChI=1S/C19H27BrO3/c1-18-5-3-11(21)7-10(18)8-15(22)16-12(18)4-6-19(2)13(16)9-14(20)17(19)23/h10,12-16,22H,3-9H2,1-2H3/t10-,12+,13+,14-,15+,16-,18+,19+/m1/s1. The van der Waals surface area contributed by atoms with Crippen molar-refractivity contribution in [1.29, 1.82) is 0 Å². The number of fused-ring (bicyclic) bond motifs is 5. The average Bonchev–Trinajstić information content (AvgIpc) is 2.73. The molecule has 4 saturated carbocycles. The van der Waals surface area contributed by atoms with Crippen molar-refractivity contribution in [2.24, 2.45) is 34.5 Å². The van der Waals surface area contributed by atoms with Crippen LogP contribution in [0.1, 0.15) is 58.8 Å². The van der Waals surface area contributed by atoms with Gasteiger partial charge in [-0.3, -0.25) is 9.59 Å². The quantitative estimate of drug-likeness (QED) is 0.652. The van der Waals surface area contributed by atoms with Crippen LogP contribution in [0.4, 0.5) is 0 Å².